The van der Waals surface area contributed by atoms with Crippen molar-refractivity contribution in [3.05, 3.63) is 35.7 Å². The summed E-state index contributed by atoms with van der Waals surface area (Å²) in [6.45, 7) is 1.82. The Bertz CT molecular complexity index is 522. The van der Waals surface area contributed by atoms with Crippen molar-refractivity contribution in [3.8, 4) is 11.4 Å². The summed E-state index contributed by atoms with van der Waals surface area (Å²) in [7, 11) is 0. The Labute approximate surface area is 98.1 Å². The van der Waals surface area contributed by atoms with Gasteiger partial charge in [0.1, 0.15) is 12.4 Å². The topological polar surface area (TPSA) is 76.2 Å². The van der Waals surface area contributed by atoms with Crippen LogP contribution in [0.2, 0.25) is 0 Å². The second-order valence-corrected chi connectivity index (χ2v) is 3.62. The maximum absolute atomic E-state index is 10.6. The normalized spacial score (nSPS) is 12.4. The number of hydrogen-bond donors (Lipinski definition) is 1. The summed E-state index contributed by atoms with van der Waals surface area (Å²) in [4.78, 5) is 14.7. The van der Waals surface area contributed by atoms with Crippen molar-refractivity contribution >= 4 is 6.29 Å². The third-order valence-electron chi connectivity index (χ3n) is 2.39. The van der Waals surface area contributed by atoms with E-state index in [1.165, 1.54) is 0 Å². The molecule has 5 heteroatoms. The number of aldehydes is 1. The largest absolute Gasteiger partial charge is 0.383 e. The minimum absolute atomic E-state index is 0.194. The van der Waals surface area contributed by atoms with Gasteiger partial charge >= 0.3 is 0 Å². The van der Waals surface area contributed by atoms with Crippen LogP contribution in [-0.4, -0.2) is 21.5 Å². The Hall–Kier alpha value is -2.01. The van der Waals surface area contributed by atoms with Gasteiger partial charge in [-0.2, -0.15) is 4.98 Å². The molecular formula is C12H12N2O3. The smallest absolute Gasteiger partial charge is 0.255 e. The summed E-state index contributed by atoms with van der Waals surface area (Å²) >= 11 is 0. The molecule has 0 saturated heterocycles. The van der Waals surface area contributed by atoms with Crippen LogP contribution in [0.1, 0.15) is 35.7 Å². The van der Waals surface area contributed by atoms with Crippen LogP contribution < -0.4 is 0 Å². The summed E-state index contributed by atoms with van der Waals surface area (Å²) in [5.74, 6) is 0.565. The molecule has 0 fully saturated rings. The van der Waals surface area contributed by atoms with E-state index in [1.807, 2.05) is 6.92 Å². The van der Waals surface area contributed by atoms with Gasteiger partial charge in [0.15, 0.2) is 0 Å². The number of aromatic nitrogens is 2. The fourth-order valence-electron chi connectivity index (χ4n) is 1.41. The third-order valence-corrected chi connectivity index (χ3v) is 2.39. The molecule has 1 atom stereocenters. The molecule has 0 aliphatic rings. The quantitative estimate of drug-likeness (QED) is 0.816. The van der Waals surface area contributed by atoms with Gasteiger partial charge in [-0.25, -0.2) is 0 Å². The SMILES string of the molecule is CCC(O)c1nc(-c2cccc(C=O)c2)no1. The Morgan fingerprint density at radius 3 is 3.06 bits per heavy atom. The highest BCUT2D eigenvalue weighted by Gasteiger charge is 2.14. The summed E-state index contributed by atoms with van der Waals surface area (Å²) in [5, 5.41) is 13.3. The zero-order valence-electron chi connectivity index (χ0n) is 9.33. The van der Waals surface area contributed by atoms with Gasteiger partial charge in [0, 0.05) is 11.1 Å². The molecule has 0 bridgehead atoms. The molecule has 2 aromatic rings. The van der Waals surface area contributed by atoms with E-state index >= 15 is 0 Å². The van der Waals surface area contributed by atoms with E-state index in [-0.39, 0.29) is 5.89 Å². The van der Waals surface area contributed by atoms with Gasteiger partial charge in [-0.3, -0.25) is 4.79 Å². The van der Waals surface area contributed by atoms with Crippen LogP contribution in [0.4, 0.5) is 0 Å². The predicted molar refractivity (Wildman–Crippen MR) is 60.4 cm³/mol. The monoisotopic (exact) mass is 232 g/mol. The van der Waals surface area contributed by atoms with Crippen LogP contribution in [0.3, 0.4) is 0 Å². The van der Waals surface area contributed by atoms with E-state index in [1.54, 1.807) is 24.3 Å². The second kappa shape index (κ2) is 4.88. The van der Waals surface area contributed by atoms with E-state index in [4.69, 9.17) is 4.52 Å². The van der Waals surface area contributed by atoms with Gasteiger partial charge in [0.25, 0.3) is 5.89 Å². The fourth-order valence-corrected chi connectivity index (χ4v) is 1.41. The number of benzene rings is 1. The number of aliphatic hydroxyl groups excluding tert-OH is 1. The van der Waals surface area contributed by atoms with Crippen LogP contribution in [-0.2, 0) is 0 Å². The maximum atomic E-state index is 10.6. The Kier molecular flexibility index (Phi) is 3.30. The summed E-state index contributed by atoms with van der Waals surface area (Å²) in [6, 6.07) is 6.88. The number of rotatable bonds is 4. The van der Waals surface area contributed by atoms with Gasteiger partial charge in [0.2, 0.25) is 5.82 Å². The van der Waals surface area contributed by atoms with Crippen molar-refractivity contribution in [2.24, 2.45) is 0 Å². The highest BCUT2D eigenvalue weighted by atomic mass is 16.5. The van der Waals surface area contributed by atoms with Crippen molar-refractivity contribution in [2.45, 2.75) is 19.4 Å². The molecule has 88 valence electrons. The van der Waals surface area contributed by atoms with Crippen LogP contribution in [0.15, 0.2) is 28.8 Å². The lowest BCUT2D eigenvalue weighted by Gasteiger charge is -1.98. The first-order valence-electron chi connectivity index (χ1n) is 5.32. The summed E-state index contributed by atoms with van der Waals surface area (Å²) < 4.78 is 4.95. The molecule has 2 rings (SSSR count). The molecule has 1 N–H and O–H groups in total. The van der Waals surface area contributed by atoms with Gasteiger partial charge in [-0.1, -0.05) is 30.3 Å². The fraction of sp³-hybridized carbons (Fsp3) is 0.250. The second-order valence-electron chi connectivity index (χ2n) is 3.62. The number of nitrogens with zero attached hydrogens (tertiary/aromatic N) is 2. The highest BCUT2D eigenvalue weighted by molar-refractivity contribution is 5.77. The van der Waals surface area contributed by atoms with E-state index in [0.717, 1.165) is 6.29 Å². The molecule has 0 spiro atoms. The molecule has 0 saturated carbocycles. The Morgan fingerprint density at radius 2 is 2.35 bits per heavy atom. The maximum Gasteiger partial charge on any atom is 0.255 e. The van der Waals surface area contributed by atoms with Gasteiger partial charge < -0.3 is 9.63 Å². The van der Waals surface area contributed by atoms with Crippen LogP contribution in [0.25, 0.3) is 11.4 Å². The zero-order chi connectivity index (χ0) is 12.3. The average molecular weight is 232 g/mol. The minimum atomic E-state index is -0.745. The van der Waals surface area contributed by atoms with Gasteiger partial charge in [0.05, 0.1) is 0 Å². The lowest BCUT2D eigenvalue weighted by molar-refractivity contribution is 0.112. The molecule has 5 nitrogen and oxygen atoms in total. The first kappa shape index (κ1) is 11.5. The lowest BCUT2D eigenvalue weighted by Crippen LogP contribution is -1.94. The van der Waals surface area contributed by atoms with E-state index in [9.17, 15) is 9.90 Å². The zero-order valence-corrected chi connectivity index (χ0v) is 9.33. The van der Waals surface area contributed by atoms with Crippen LogP contribution in [0.5, 0.6) is 0 Å². The molecule has 1 aromatic carbocycles. The average Bonchev–Trinajstić information content (AvgIpc) is 2.87. The van der Waals surface area contributed by atoms with Crippen LogP contribution in [0, 0.1) is 0 Å². The van der Waals surface area contributed by atoms with Crippen LogP contribution >= 0.6 is 0 Å². The minimum Gasteiger partial charge on any atom is -0.383 e. The lowest BCUT2D eigenvalue weighted by atomic mass is 10.1. The van der Waals surface area contributed by atoms with Crippen molar-refractivity contribution in [1.82, 2.24) is 10.1 Å². The predicted octanol–water partition coefficient (Wildman–Crippen LogP) is 1.99. The number of aliphatic hydroxyl groups is 1. The molecule has 0 radical (unpaired) electrons. The van der Waals surface area contributed by atoms with Crippen molar-refractivity contribution in [1.29, 1.82) is 0 Å². The first-order chi connectivity index (χ1) is 8.24. The molecule has 0 amide bonds. The summed E-state index contributed by atoms with van der Waals surface area (Å²) in [5.41, 5.74) is 1.23. The van der Waals surface area contributed by atoms with E-state index in [2.05, 4.69) is 10.1 Å². The Morgan fingerprint density at radius 1 is 1.53 bits per heavy atom. The van der Waals surface area contributed by atoms with E-state index < -0.39 is 6.10 Å². The van der Waals surface area contributed by atoms with Crippen molar-refractivity contribution in [2.75, 3.05) is 0 Å². The molecule has 0 aliphatic heterocycles. The number of carbonyl (C=O) groups is 1. The number of hydrogen-bond acceptors (Lipinski definition) is 5. The molecule has 1 heterocycles. The molecule has 1 aromatic heterocycles. The van der Waals surface area contributed by atoms with Crippen molar-refractivity contribution in [3.63, 3.8) is 0 Å². The van der Waals surface area contributed by atoms with Gasteiger partial charge in [-0.05, 0) is 12.5 Å². The van der Waals surface area contributed by atoms with Gasteiger partial charge in [-0.15, -0.1) is 0 Å². The number of carbonyl (C=O) groups excluding carboxylic acids is 1. The molecule has 0 aliphatic carbocycles. The standard InChI is InChI=1S/C12H12N2O3/c1-2-10(16)12-13-11(14-17-12)9-5-3-4-8(6-9)7-15/h3-7,10,16H,2H2,1H3. The summed E-state index contributed by atoms with van der Waals surface area (Å²) in [6.07, 6.45) is 0.520. The molecular weight excluding hydrogens is 220 g/mol. The highest BCUT2D eigenvalue weighted by Crippen LogP contribution is 2.20. The van der Waals surface area contributed by atoms with Crippen molar-refractivity contribution < 1.29 is 14.4 Å². The van der Waals surface area contributed by atoms with E-state index in [0.29, 0.717) is 23.4 Å². The first-order valence-corrected chi connectivity index (χ1v) is 5.32. The Balaban J connectivity index is 2.33. The molecule has 1 unspecified atom stereocenters. The third kappa shape index (κ3) is 2.39. The molecule has 17 heavy (non-hydrogen) atoms.